The van der Waals surface area contributed by atoms with Crippen molar-refractivity contribution >= 4 is 15.9 Å². The van der Waals surface area contributed by atoms with Gasteiger partial charge in [0.1, 0.15) is 5.75 Å². The molecule has 0 aromatic heterocycles. The molecular weight excluding hydrogens is 414 g/mol. The number of carbonyl (C=O) groups excluding carboxylic acids is 1. The van der Waals surface area contributed by atoms with Crippen LogP contribution in [0.4, 0.5) is 8.78 Å². The predicted octanol–water partition coefficient (Wildman–Crippen LogP) is 3.35. The van der Waals surface area contributed by atoms with Crippen molar-refractivity contribution in [2.45, 2.75) is 30.9 Å². The third kappa shape index (κ3) is 5.34. The van der Waals surface area contributed by atoms with Crippen LogP contribution in [0, 0.1) is 5.92 Å². The van der Waals surface area contributed by atoms with Gasteiger partial charge in [0.2, 0.25) is 15.9 Å². The molecule has 0 atom stereocenters. The highest BCUT2D eigenvalue weighted by molar-refractivity contribution is 7.89. The van der Waals surface area contributed by atoms with E-state index in [1.54, 1.807) is 54.4 Å². The van der Waals surface area contributed by atoms with Crippen molar-refractivity contribution in [3.8, 4) is 5.75 Å². The molecule has 1 aliphatic rings. The number of amides is 1. The molecule has 0 bridgehead atoms. The fourth-order valence-electron chi connectivity index (χ4n) is 3.52. The molecule has 9 heteroatoms. The fourth-order valence-corrected chi connectivity index (χ4v) is 5.02. The Labute approximate surface area is 175 Å². The van der Waals surface area contributed by atoms with E-state index in [9.17, 15) is 22.0 Å². The van der Waals surface area contributed by atoms with Crippen molar-refractivity contribution in [3.63, 3.8) is 0 Å². The van der Waals surface area contributed by atoms with Crippen molar-refractivity contribution in [3.05, 3.63) is 60.2 Å². The van der Waals surface area contributed by atoms with Gasteiger partial charge in [-0.15, -0.1) is 0 Å². The molecule has 0 unspecified atom stereocenters. The summed E-state index contributed by atoms with van der Waals surface area (Å²) in [7, 11) is -1.87. The molecule has 2 aromatic rings. The first-order valence-electron chi connectivity index (χ1n) is 9.61. The van der Waals surface area contributed by atoms with Crippen molar-refractivity contribution in [1.82, 2.24) is 9.21 Å². The maximum Gasteiger partial charge on any atom is 0.387 e. The fraction of sp³-hybridized carbons (Fsp3) is 0.381. The van der Waals surface area contributed by atoms with Gasteiger partial charge >= 0.3 is 6.61 Å². The molecule has 0 aliphatic carbocycles. The quantitative estimate of drug-likeness (QED) is 0.665. The molecule has 162 valence electrons. The van der Waals surface area contributed by atoms with E-state index in [2.05, 4.69) is 4.74 Å². The largest absolute Gasteiger partial charge is 0.435 e. The van der Waals surface area contributed by atoms with E-state index < -0.39 is 16.6 Å². The number of ether oxygens (including phenoxy) is 1. The summed E-state index contributed by atoms with van der Waals surface area (Å²) in [6.45, 7) is -1.96. The summed E-state index contributed by atoms with van der Waals surface area (Å²) in [4.78, 5) is 14.6. The van der Waals surface area contributed by atoms with E-state index >= 15 is 0 Å². The molecule has 0 spiro atoms. The van der Waals surface area contributed by atoms with Crippen molar-refractivity contribution in [2.24, 2.45) is 5.92 Å². The summed E-state index contributed by atoms with van der Waals surface area (Å²) in [5.41, 5.74) is 0.788. The van der Waals surface area contributed by atoms with Gasteiger partial charge in [-0.25, -0.2) is 8.42 Å². The minimum Gasteiger partial charge on any atom is -0.435 e. The zero-order chi connectivity index (χ0) is 21.7. The summed E-state index contributed by atoms with van der Waals surface area (Å²) in [6, 6.07) is 14.4. The molecule has 1 aliphatic heterocycles. The second-order valence-corrected chi connectivity index (χ2v) is 9.15. The Morgan fingerprint density at radius 1 is 1.10 bits per heavy atom. The summed E-state index contributed by atoms with van der Waals surface area (Å²) >= 11 is 0. The lowest BCUT2D eigenvalue weighted by molar-refractivity contribution is -0.135. The van der Waals surface area contributed by atoms with Crippen LogP contribution in [0.5, 0.6) is 5.75 Å². The van der Waals surface area contributed by atoms with E-state index in [4.69, 9.17) is 0 Å². The van der Waals surface area contributed by atoms with Crippen LogP contribution in [0.1, 0.15) is 18.4 Å². The molecule has 1 amide bonds. The van der Waals surface area contributed by atoms with Crippen LogP contribution in [0.15, 0.2) is 59.5 Å². The number of alkyl halides is 2. The van der Waals surface area contributed by atoms with Gasteiger partial charge < -0.3 is 9.64 Å². The zero-order valence-electron chi connectivity index (χ0n) is 16.6. The van der Waals surface area contributed by atoms with E-state index in [1.807, 2.05) is 0 Å². The third-order valence-electron chi connectivity index (χ3n) is 5.13. The topological polar surface area (TPSA) is 66.9 Å². The molecular formula is C21H24F2N2O4S. The first kappa shape index (κ1) is 22.2. The molecule has 0 radical (unpaired) electrons. The van der Waals surface area contributed by atoms with Crippen LogP contribution in [0.2, 0.25) is 0 Å². The number of nitrogens with zero attached hydrogens (tertiary/aromatic N) is 2. The van der Waals surface area contributed by atoms with Gasteiger partial charge in [-0.2, -0.15) is 13.1 Å². The van der Waals surface area contributed by atoms with E-state index in [1.165, 1.54) is 16.4 Å². The molecule has 1 saturated heterocycles. The average Bonchev–Trinajstić information content (AvgIpc) is 2.75. The van der Waals surface area contributed by atoms with Gasteiger partial charge in [0.25, 0.3) is 0 Å². The minimum atomic E-state index is -3.55. The van der Waals surface area contributed by atoms with E-state index in [-0.39, 0.29) is 22.5 Å². The SMILES string of the molecule is CN(Cc1ccc(OC(F)F)cc1)C(=O)C1CCN(S(=O)(=O)c2ccccc2)CC1. The maximum absolute atomic E-state index is 12.8. The lowest BCUT2D eigenvalue weighted by Crippen LogP contribution is -2.43. The van der Waals surface area contributed by atoms with Crippen LogP contribution < -0.4 is 4.74 Å². The van der Waals surface area contributed by atoms with Crippen molar-refractivity contribution in [2.75, 3.05) is 20.1 Å². The number of sulfonamides is 1. The second kappa shape index (κ2) is 9.53. The molecule has 30 heavy (non-hydrogen) atoms. The second-order valence-electron chi connectivity index (χ2n) is 7.21. The first-order valence-corrected chi connectivity index (χ1v) is 11.1. The number of piperidine rings is 1. The van der Waals surface area contributed by atoms with E-state index in [0.717, 1.165) is 5.56 Å². The predicted molar refractivity (Wildman–Crippen MR) is 107 cm³/mol. The zero-order valence-corrected chi connectivity index (χ0v) is 17.4. The maximum atomic E-state index is 12.8. The van der Waals surface area contributed by atoms with Crippen LogP contribution in [0.3, 0.4) is 0 Å². The summed E-state index contributed by atoms with van der Waals surface area (Å²) in [5, 5.41) is 0. The summed E-state index contributed by atoms with van der Waals surface area (Å²) in [6.07, 6.45) is 0.910. The Kier molecular flexibility index (Phi) is 7.04. The standard InChI is InChI=1S/C21H24F2N2O4S/c1-24(15-16-7-9-18(10-8-16)29-21(22)23)20(26)17-11-13-25(14-12-17)30(27,28)19-5-3-2-4-6-19/h2-10,17,21H,11-15H2,1H3. The number of halogens is 2. The Morgan fingerprint density at radius 2 is 1.70 bits per heavy atom. The highest BCUT2D eigenvalue weighted by atomic mass is 32.2. The van der Waals surface area contributed by atoms with Gasteiger partial charge in [0.05, 0.1) is 4.90 Å². The molecule has 1 fully saturated rings. The van der Waals surface area contributed by atoms with Crippen molar-refractivity contribution < 1.29 is 26.7 Å². The number of hydrogen-bond donors (Lipinski definition) is 0. The number of carbonyl (C=O) groups is 1. The van der Waals surface area contributed by atoms with Gasteiger partial charge in [-0.3, -0.25) is 4.79 Å². The highest BCUT2D eigenvalue weighted by Gasteiger charge is 2.33. The normalized spacial score (nSPS) is 15.9. The Balaban J connectivity index is 1.54. The summed E-state index contributed by atoms with van der Waals surface area (Å²) < 4.78 is 55.6. The van der Waals surface area contributed by atoms with Crippen LogP contribution in [-0.2, 0) is 21.4 Å². The van der Waals surface area contributed by atoms with Gasteiger partial charge in [0.15, 0.2) is 0 Å². The minimum absolute atomic E-state index is 0.0559. The molecule has 0 saturated carbocycles. The monoisotopic (exact) mass is 438 g/mol. The Morgan fingerprint density at radius 3 is 2.27 bits per heavy atom. The van der Waals surface area contributed by atoms with E-state index in [0.29, 0.717) is 32.5 Å². The molecule has 0 N–H and O–H groups in total. The average molecular weight is 438 g/mol. The number of benzene rings is 2. The van der Waals surface area contributed by atoms with Crippen LogP contribution in [0.25, 0.3) is 0 Å². The van der Waals surface area contributed by atoms with Gasteiger partial charge in [-0.05, 0) is 42.7 Å². The first-order chi connectivity index (χ1) is 14.3. The lowest BCUT2D eigenvalue weighted by atomic mass is 9.96. The molecule has 6 nitrogen and oxygen atoms in total. The Hall–Kier alpha value is -2.52. The van der Waals surface area contributed by atoms with Gasteiger partial charge in [0, 0.05) is 32.6 Å². The number of hydrogen-bond acceptors (Lipinski definition) is 4. The number of rotatable bonds is 7. The molecule has 2 aromatic carbocycles. The smallest absolute Gasteiger partial charge is 0.387 e. The Bertz CT molecular complexity index is 945. The summed E-state index contributed by atoms with van der Waals surface area (Å²) in [5.74, 6) is -0.243. The molecule has 1 heterocycles. The van der Waals surface area contributed by atoms with Crippen LogP contribution in [-0.4, -0.2) is 50.3 Å². The van der Waals surface area contributed by atoms with Crippen molar-refractivity contribution in [1.29, 1.82) is 0 Å². The van der Waals surface area contributed by atoms with Gasteiger partial charge in [-0.1, -0.05) is 30.3 Å². The molecule has 3 rings (SSSR count). The lowest BCUT2D eigenvalue weighted by Gasteiger charge is -2.32. The highest BCUT2D eigenvalue weighted by Crippen LogP contribution is 2.25. The third-order valence-corrected chi connectivity index (χ3v) is 7.04. The van der Waals surface area contributed by atoms with Crippen LogP contribution >= 0.6 is 0 Å².